The third kappa shape index (κ3) is 4.80. The van der Waals surface area contributed by atoms with Gasteiger partial charge >= 0.3 is 6.03 Å². The standard InChI is InChI=1S/C14H12Cl2N4O3/c15-10-7-18-20(13(22)12(10)16)8-11(21)19-14(23)17-6-9-4-2-1-3-5-9/h1-5,7H,6,8H2,(H2,17,19,21,23). The molecule has 0 saturated heterocycles. The van der Waals surface area contributed by atoms with E-state index < -0.39 is 24.0 Å². The highest BCUT2D eigenvalue weighted by Crippen LogP contribution is 2.14. The van der Waals surface area contributed by atoms with Crippen LogP contribution in [0, 0.1) is 0 Å². The van der Waals surface area contributed by atoms with E-state index >= 15 is 0 Å². The van der Waals surface area contributed by atoms with Crippen LogP contribution in [0.4, 0.5) is 4.79 Å². The Hall–Kier alpha value is -2.38. The summed E-state index contributed by atoms with van der Waals surface area (Å²) in [7, 11) is 0. The number of rotatable bonds is 4. The molecule has 120 valence electrons. The van der Waals surface area contributed by atoms with E-state index in [0.29, 0.717) is 0 Å². The first-order valence-electron chi connectivity index (χ1n) is 6.50. The van der Waals surface area contributed by atoms with Gasteiger partial charge in [0.05, 0.1) is 11.2 Å². The lowest BCUT2D eigenvalue weighted by Crippen LogP contribution is -2.42. The zero-order chi connectivity index (χ0) is 16.8. The molecule has 0 aliphatic rings. The average molecular weight is 355 g/mol. The fourth-order valence-corrected chi connectivity index (χ4v) is 1.95. The molecule has 7 nitrogen and oxygen atoms in total. The molecule has 2 N–H and O–H groups in total. The SMILES string of the molecule is O=C(Cn1ncc(Cl)c(Cl)c1=O)NC(=O)NCc1ccccc1. The molecule has 9 heteroatoms. The van der Waals surface area contributed by atoms with Crippen molar-refractivity contribution >= 4 is 35.1 Å². The number of hydrogen-bond acceptors (Lipinski definition) is 4. The maximum atomic E-state index is 11.7. The number of amides is 3. The van der Waals surface area contributed by atoms with Gasteiger partial charge in [-0.1, -0.05) is 53.5 Å². The molecule has 0 bridgehead atoms. The number of hydrogen-bond donors (Lipinski definition) is 2. The lowest BCUT2D eigenvalue weighted by atomic mass is 10.2. The molecular formula is C14H12Cl2N4O3. The van der Waals surface area contributed by atoms with Crippen molar-refractivity contribution < 1.29 is 9.59 Å². The van der Waals surface area contributed by atoms with Crippen LogP contribution in [0.5, 0.6) is 0 Å². The minimum absolute atomic E-state index is 0.00562. The van der Waals surface area contributed by atoms with Gasteiger partial charge in [0.1, 0.15) is 11.6 Å². The molecule has 2 rings (SSSR count). The smallest absolute Gasteiger partial charge is 0.321 e. The lowest BCUT2D eigenvalue weighted by molar-refractivity contribution is -0.120. The summed E-state index contributed by atoms with van der Waals surface area (Å²) in [6.07, 6.45) is 1.15. The van der Waals surface area contributed by atoms with Crippen molar-refractivity contribution in [1.82, 2.24) is 20.4 Å². The molecule has 2 aromatic rings. The Morgan fingerprint density at radius 1 is 1.17 bits per heavy atom. The van der Waals surface area contributed by atoms with Crippen LogP contribution >= 0.6 is 23.2 Å². The summed E-state index contributed by atoms with van der Waals surface area (Å²) < 4.78 is 0.814. The normalized spacial score (nSPS) is 10.2. The number of halogens is 2. The third-order valence-corrected chi connectivity index (χ3v) is 3.53. The van der Waals surface area contributed by atoms with E-state index in [4.69, 9.17) is 23.2 Å². The second kappa shape index (κ2) is 7.75. The molecule has 1 aromatic carbocycles. The van der Waals surface area contributed by atoms with Gasteiger partial charge in [0.2, 0.25) is 5.91 Å². The van der Waals surface area contributed by atoms with E-state index in [-0.39, 0.29) is 16.6 Å². The van der Waals surface area contributed by atoms with Crippen LogP contribution in [0.1, 0.15) is 5.56 Å². The number of aromatic nitrogens is 2. The van der Waals surface area contributed by atoms with Gasteiger partial charge in [0.25, 0.3) is 5.56 Å². The molecule has 1 heterocycles. The fourth-order valence-electron chi connectivity index (χ4n) is 1.68. The van der Waals surface area contributed by atoms with Gasteiger partial charge in [-0.3, -0.25) is 14.9 Å². The summed E-state index contributed by atoms with van der Waals surface area (Å²) in [6, 6.07) is 8.52. The number of nitrogens with one attached hydrogen (secondary N) is 2. The molecule has 3 amide bonds. The Morgan fingerprint density at radius 3 is 2.57 bits per heavy atom. The average Bonchev–Trinajstić information content (AvgIpc) is 2.54. The summed E-state index contributed by atoms with van der Waals surface area (Å²) in [5.41, 5.74) is 0.177. The summed E-state index contributed by atoms with van der Waals surface area (Å²) in [6.45, 7) is -0.181. The van der Waals surface area contributed by atoms with Gasteiger partial charge in [-0.15, -0.1) is 0 Å². The minimum Gasteiger partial charge on any atom is -0.334 e. The molecule has 0 spiro atoms. The van der Waals surface area contributed by atoms with E-state index in [1.807, 2.05) is 30.3 Å². The van der Waals surface area contributed by atoms with E-state index in [2.05, 4.69) is 15.7 Å². The van der Waals surface area contributed by atoms with Crippen LogP contribution in [0.15, 0.2) is 41.3 Å². The van der Waals surface area contributed by atoms with E-state index in [1.54, 1.807) is 0 Å². The largest absolute Gasteiger partial charge is 0.334 e. The molecule has 0 aliphatic carbocycles. The quantitative estimate of drug-likeness (QED) is 0.871. The van der Waals surface area contributed by atoms with E-state index in [1.165, 1.54) is 0 Å². The van der Waals surface area contributed by atoms with Crippen LogP contribution in [-0.4, -0.2) is 21.7 Å². The van der Waals surface area contributed by atoms with Crippen molar-refractivity contribution in [1.29, 1.82) is 0 Å². The third-order valence-electron chi connectivity index (χ3n) is 2.78. The number of urea groups is 1. The van der Waals surface area contributed by atoms with Crippen LogP contribution in [0.25, 0.3) is 0 Å². The monoisotopic (exact) mass is 354 g/mol. The van der Waals surface area contributed by atoms with Crippen LogP contribution in [-0.2, 0) is 17.9 Å². The Bertz CT molecular complexity index is 777. The highest BCUT2D eigenvalue weighted by Gasteiger charge is 2.12. The lowest BCUT2D eigenvalue weighted by Gasteiger charge is -2.08. The Balaban J connectivity index is 1.88. The summed E-state index contributed by atoms with van der Waals surface area (Å²) in [4.78, 5) is 35.1. The van der Waals surface area contributed by atoms with Crippen molar-refractivity contribution in [3.8, 4) is 0 Å². The van der Waals surface area contributed by atoms with Crippen molar-refractivity contribution in [2.24, 2.45) is 0 Å². The van der Waals surface area contributed by atoms with Gasteiger partial charge in [-0.2, -0.15) is 5.10 Å². The Labute approximate surface area is 141 Å². The highest BCUT2D eigenvalue weighted by molar-refractivity contribution is 6.41. The predicted molar refractivity (Wildman–Crippen MR) is 85.3 cm³/mol. The van der Waals surface area contributed by atoms with Crippen molar-refractivity contribution in [3.63, 3.8) is 0 Å². The molecule has 0 saturated carbocycles. The second-order valence-electron chi connectivity index (χ2n) is 4.49. The molecule has 1 aromatic heterocycles. The molecule has 23 heavy (non-hydrogen) atoms. The number of carbonyl (C=O) groups excluding carboxylic acids is 2. The van der Waals surface area contributed by atoms with Crippen molar-refractivity contribution in [2.75, 3.05) is 0 Å². The number of benzene rings is 1. The topological polar surface area (TPSA) is 93.1 Å². The maximum absolute atomic E-state index is 11.7. The molecule has 0 aliphatic heterocycles. The first kappa shape index (κ1) is 17.0. The Morgan fingerprint density at radius 2 is 1.87 bits per heavy atom. The van der Waals surface area contributed by atoms with Crippen molar-refractivity contribution in [3.05, 3.63) is 62.5 Å². The summed E-state index contributed by atoms with van der Waals surface area (Å²) in [5, 5.41) is 8.06. The first-order chi connectivity index (χ1) is 11.0. The molecule has 0 atom stereocenters. The van der Waals surface area contributed by atoms with Gasteiger partial charge in [0, 0.05) is 6.54 Å². The second-order valence-corrected chi connectivity index (χ2v) is 5.27. The molecule has 0 radical (unpaired) electrons. The molecular weight excluding hydrogens is 343 g/mol. The zero-order valence-corrected chi connectivity index (χ0v) is 13.3. The van der Waals surface area contributed by atoms with E-state index in [9.17, 15) is 14.4 Å². The number of nitrogens with zero attached hydrogens (tertiary/aromatic N) is 2. The minimum atomic E-state index is -0.709. The van der Waals surface area contributed by atoms with Gasteiger partial charge in [0.15, 0.2) is 0 Å². The predicted octanol–water partition coefficient (Wildman–Crippen LogP) is 1.58. The Kier molecular flexibility index (Phi) is 5.72. The van der Waals surface area contributed by atoms with Gasteiger partial charge in [-0.05, 0) is 5.56 Å². The number of carbonyl (C=O) groups is 2. The van der Waals surface area contributed by atoms with Gasteiger partial charge in [-0.25, -0.2) is 9.48 Å². The molecule has 0 fully saturated rings. The van der Waals surface area contributed by atoms with Crippen molar-refractivity contribution in [2.45, 2.75) is 13.1 Å². The summed E-state index contributed by atoms with van der Waals surface area (Å²) in [5.74, 6) is -0.705. The molecule has 0 unspecified atom stereocenters. The fraction of sp³-hybridized carbons (Fsp3) is 0.143. The van der Waals surface area contributed by atoms with Gasteiger partial charge < -0.3 is 5.32 Å². The van der Waals surface area contributed by atoms with Crippen LogP contribution in [0.3, 0.4) is 0 Å². The maximum Gasteiger partial charge on any atom is 0.321 e. The summed E-state index contributed by atoms with van der Waals surface area (Å²) >= 11 is 11.3. The zero-order valence-electron chi connectivity index (χ0n) is 11.8. The van der Waals surface area contributed by atoms with Crippen LogP contribution in [0.2, 0.25) is 10.0 Å². The van der Waals surface area contributed by atoms with Crippen LogP contribution < -0.4 is 16.2 Å². The van der Waals surface area contributed by atoms with E-state index in [0.717, 1.165) is 16.4 Å². The number of imide groups is 1. The first-order valence-corrected chi connectivity index (χ1v) is 7.25. The highest BCUT2D eigenvalue weighted by atomic mass is 35.5.